The summed E-state index contributed by atoms with van der Waals surface area (Å²) in [6, 6.07) is 6.11. The molecule has 0 atom stereocenters. The minimum atomic E-state index is -0.732. The van der Waals surface area contributed by atoms with Crippen LogP contribution in [0, 0.1) is 18.6 Å². The van der Waals surface area contributed by atoms with Crippen molar-refractivity contribution in [2.24, 2.45) is 0 Å². The van der Waals surface area contributed by atoms with E-state index in [4.69, 9.17) is 0 Å². The number of carbonyl (C=O) groups excluding carboxylic acids is 1. The average Bonchev–Trinajstić information content (AvgIpc) is 3.04. The van der Waals surface area contributed by atoms with E-state index in [9.17, 15) is 13.6 Å². The Labute approximate surface area is 141 Å². The van der Waals surface area contributed by atoms with Crippen LogP contribution in [-0.2, 0) is 11.2 Å². The molecular formula is C17H13F2N3OS. The van der Waals surface area contributed by atoms with E-state index in [2.05, 4.69) is 15.3 Å². The van der Waals surface area contributed by atoms with Crippen LogP contribution < -0.4 is 5.32 Å². The van der Waals surface area contributed by atoms with E-state index >= 15 is 0 Å². The smallest absolute Gasteiger partial charge is 0.230 e. The molecule has 0 radical (unpaired) electrons. The lowest BCUT2D eigenvalue weighted by Gasteiger charge is -2.07. The number of anilines is 1. The molecule has 1 aromatic carbocycles. The van der Waals surface area contributed by atoms with Gasteiger partial charge in [0.05, 0.1) is 12.1 Å². The molecule has 4 nitrogen and oxygen atoms in total. The van der Waals surface area contributed by atoms with Crippen LogP contribution in [0.2, 0.25) is 0 Å². The third-order valence-corrected chi connectivity index (χ3v) is 4.20. The Morgan fingerprint density at radius 2 is 1.96 bits per heavy atom. The van der Waals surface area contributed by atoms with Gasteiger partial charge in [0, 0.05) is 28.9 Å². The Kier molecular flexibility index (Phi) is 4.61. The predicted octanol–water partition coefficient (Wildman–Crippen LogP) is 3.97. The topological polar surface area (TPSA) is 54.9 Å². The van der Waals surface area contributed by atoms with Gasteiger partial charge in [-0.15, -0.1) is 11.3 Å². The van der Waals surface area contributed by atoms with E-state index in [1.165, 1.54) is 24.3 Å². The van der Waals surface area contributed by atoms with Crippen LogP contribution in [0.3, 0.4) is 0 Å². The normalized spacial score (nSPS) is 10.6. The maximum Gasteiger partial charge on any atom is 0.230 e. The minimum Gasteiger partial charge on any atom is -0.302 e. The van der Waals surface area contributed by atoms with E-state index < -0.39 is 17.5 Å². The first-order chi connectivity index (χ1) is 11.5. The second-order valence-corrected chi connectivity index (χ2v) is 6.01. The number of benzene rings is 1. The lowest BCUT2D eigenvalue weighted by molar-refractivity contribution is -0.115. The average molecular weight is 345 g/mol. The van der Waals surface area contributed by atoms with Gasteiger partial charge in [0.15, 0.2) is 5.13 Å². The molecule has 0 fully saturated rings. The molecule has 0 saturated heterocycles. The summed E-state index contributed by atoms with van der Waals surface area (Å²) < 4.78 is 27.7. The molecule has 3 rings (SSSR count). The number of aromatic nitrogens is 2. The van der Waals surface area contributed by atoms with Crippen molar-refractivity contribution in [2.45, 2.75) is 13.3 Å². The zero-order chi connectivity index (χ0) is 17.1. The fourth-order valence-corrected chi connectivity index (χ4v) is 2.92. The standard InChI is InChI=1S/C17H13F2N3OS/c1-10-2-3-13(18)12(16(10)19)8-15(23)22-17-21-14(9-24-17)11-4-6-20-7-5-11/h2-7,9H,8H2,1H3,(H,21,22,23). The summed E-state index contributed by atoms with van der Waals surface area (Å²) in [6.45, 7) is 1.53. The van der Waals surface area contributed by atoms with Crippen molar-refractivity contribution in [3.05, 3.63) is 64.8 Å². The SMILES string of the molecule is Cc1ccc(F)c(CC(=O)Nc2nc(-c3ccncc3)cs2)c1F. The van der Waals surface area contributed by atoms with Gasteiger partial charge >= 0.3 is 0 Å². The quantitative estimate of drug-likeness (QED) is 0.778. The van der Waals surface area contributed by atoms with Crippen molar-refractivity contribution in [1.82, 2.24) is 9.97 Å². The molecule has 2 heterocycles. The van der Waals surface area contributed by atoms with Crippen LogP contribution in [0.5, 0.6) is 0 Å². The summed E-state index contributed by atoms with van der Waals surface area (Å²) in [5.41, 5.74) is 1.63. The number of hydrogen-bond acceptors (Lipinski definition) is 4. The summed E-state index contributed by atoms with van der Waals surface area (Å²) >= 11 is 1.24. The number of nitrogens with one attached hydrogen (secondary N) is 1. The Bertz CT molecular complexity index is 881. The highest BCUT2D eigenvalue weighted by Gasteiger charge is 2.16. The summed E-state index contributed by atoms with van der Waals surface area (Å²) in [5.74, 6) is -1.94. The number of halogens is 2. The van der Waals surface area contributed by atoms with E-state index in [0.717, 1.165) is 11.6 Å². The van der Waals surface area contributed by atoms with Crippen LogP contribution in [0.25, 0.3) is 11.3 Å². The van der Waals surface area contributed by atoms with Crippen molar-refractivity contribution in [2.75, 3.05) is 5.32 Å². The van der Waals surface area contributed by atoms with Gasteiger partial charge in [0.1, 0.15) is 11.6 Å². The molecule has 1 amide bonds. The van der Waals surface area contributed by atoms with Crippen molar-refractivity contribution >= 4 is 22.4 Å². The number of thiazole rings is 1. The molecule has 7 heteroatoms. The molecule has 0 aliphatic rings. The summed E-state index contributed by atoms with van der Waals surface area (Å²) in [4.78, 5) is 20.3. The lowest BCUT2D eigenvalue weighted by atomic mass is 10.1. The second kappa shape index (κ2) is 6.84. The van der Waals surface area contributed by atoms with Crippen molar-refractivity contribution in [1.29, 1.82) is 0 Å². The van der Waals surface area contributed by atoms with Gasteiger partial charge in [0.25, 0.3) is 0 Å². The maximum absolute atomic E-state index is 13.9. The summed E-state index contributed by atoms with van der Waals surface area (Å²) in [5, 5.41) is 4.74. The predicted molar refractivity (Wildman–Crippen MR) is 88.8 cm³/mol. The molecule has 3 aromatic rings. The molecule has 1 N–H and O–H groups in total. The van der Waals surface area contributed by atoms with Crippen molar-refractivity contribution in [3.8, 4) is 11.3 Å². The maximum atomic E-state index is 13.9. The van der Waals surface area contributed by atoms with Crippen LogP contribution >= 0.6 is 11.3 Å². The highest BCUT2D eigenvalue weighted by Crippen LogP contribution is 2.24. The van der Waals surface area contributed by atoms with Gasteiger partial charge < -0.3 is 5.32 Å². The molecule has 0 spiro atoms. The first kappa shape index (κ1) is 16.2. The number of carbonyl (C=O) groups is 1. The first-order valence-corrected chi connectivity index (χ1v) is 8.02. The van der Waals surface area contributed by atoms with Gasteiger partial charge in [-0.3, -0.25) is 9.78 Å². The van der Waals surface area contributed by atoms with E-state index in [1.807, 2.05) is 0 Å². The highest BCUT2D eigenvalue weighted by molar-refractivity contribution is 7.14. The number of pyridine rings is 1. The number of nitrogens with zero attached hydrogens (tertiary/aromatic N) is 2. The van der Waals surface area contributed by atoms with Gasteiger partial charge in [-0.25, -0.2) is 13.8 Å². The fraction of sp³-hybridized carbons (Fsp3) is 0.118. The molecule has 0 bridgehead atoms. The Balaban J connectivity index is 1.72. The zero-order valence-corrected chi connectivity index (χ0v) is 13.5. The molecule has 2 aromatic heterocycles. The van der Waals surface area contributed by atoms with Crippen molar-refractivity contribution in [3.63, 3.8) is 0 Å². The Morgan fingerprint density at radius 3 is 2.71 bits per heavy atom. The number of rotatable bonds is 4. The molecular weight excluding hydrogens is 332 g/mol. The third kappa shape index (κ3) is 3.46. The van der Waals surface area contributed by atoms with Crippen LogP contribution in [0.1, 0.15) is 11.1 Å². The van der Waals surface area contributed by atoms with E-state index in [-0.39, 0.29) is 12.0 Å². The monoisotopic (exact) mass is 345 g/mol. The van der Waals surface area contributed by atoms with Gasteiger partial charge in [0.2, 0.25) is 5.91 Å². The Morgan fingerprint density at radius 1 is 1.21 bits per heavy atom. The zero-order valence-electron chi connectivity index (χ0n) is 12.7. The van der Waals surface area contributed by atoms with Crippen LogP contribution in [0.4, 0.5) is 13.9 Å². The van der Waals surface area contributed by atoms with Crippen LogP contribution in [-0.4, -0.2) is 15.9 Å². The second-order valence-electron chi connectivity index (χ2n) is 5.16. The number of amides is 1. The Hall–Kier alpha value is -2.67. The highest BCUT2D eigenvalue weighted by atomic mass is 32.1. The first-order valence-electron chi connectivity index (χ1n) is 7.14. The fourth-order valence-electron chi connectivity index (χ4n) is 2.19. The number of hydrogen-bond donors (Lipinski definition) is 1. The number of aryl methyl sites for hydroxylation is 1. The third-order valence-electron chi connectivity index (χ3n) is 3.44. The summed E-state index contributed by atoms with van der Waals surface area (Å²) in [6.07, 6.45) is 2.91. The van der Waals surface area contributed by atoms with Crippen molar-refractivity contribution < 1.29 is 13.6 Å². The van der Waals surface area contributed by atoms with Gasteiger partial charge in [-0.1, -0.05) is 6.07 Å². The van der Waals surface area contributed by atoms with Gasteiger partial charge in [-0.05, 0) is 30.7 Å². The summed E-state index contributed by atoms with van der Waals surface area (Å²) in [7, 11) is 0. The van der Waals surface area contributed by atoms with E-state index in [0.29, 0.717) is 16.4 Å². The lowest BCUT2D eigenvalue weighted by Crippen LogP contribution is -2.16. The molecule has 0 aliphatic carbocycles. The molecule has 0 aliphatic heterocycles. The van der Waals surface area contributed by atoms with Crippen LogP contribution in [0.15, 0.2) is 42.0 Å². The molecule has 122 valence electrons. The molecule has 0 unspecified atom stereocenters. The van der Waals surface area contributed by atoms with E-state index in [1.54, 1.807) is 29.9 Å². The molecule has 24 heavy (non-hydrogen) atoms. The molecule has 0 saturated carbocycles. The minimum absolute atomic E-state index is 0.238. The van der Waals surface area contributed by atoms with Gasteiger partial charge in [-0.2, -0.15) is 0 Å². The largest absolute Gasteiger partial charge is 0.302 e.